The van der Waals surface area contributed by atoms with Crippen molar-refractivity contribution >= 4 is 23.1 Å². The van der Waals surface area contributed by atoms with E-state index in [-0.39, 0.29) is 5.91 Å². The highest BCUT2D eigenvalue weighted by Crippen LogP contribution is 2.20. The van der Waals surface area contributed by atoms with Crippen LogP contribution in [0.25, 0.3) is 0 Å². The first-order valence-corrected chi connectivity index (χ1v) is 8.82. The maximum Gasteiger partial charge on any atom is 0.270 e. The summed E-state index contributed by atoms with van der Waals surface area (Å²) in [6.45, 7) is 8.87. The zero-order chi connectivity index (χ0) is 18.9. The molecule has 0 fully saturated rings. The number of anilines is 3. The number of carbonyl (C=O) groups is 1. The lowest BCUT2D eigenvalue weighted by atomic mass is 10.2. The molecule has 0 aliphatic carbocycles. The number of amides is 1. The molecule has 140 valence electrons. The number of nitrogens with one attached hydrogen (secondary N) is 2. The van der Waals surface area contributed by atoms with Gasteiger partial charge in [-0.15, -0.1) is 0 Å². The van der Waals surface area contributed by atoms with Crippen molar-refractivity contribution in [3.63, 3.8) is 0 Å². The van der Waals surface area contributed by atoms with E-state index in [2.05, 4.69) is 51.5 Å². The molecule has 7 heteroatoms. The third kappa shape index (κ3) is 5.42. The van der Waals surface area contributed by atoms with Crippen LogP contribution in [-0.4, -0.2) is 49.2 Å². The van der Waals surface area contributed by atoms with Crippen LogP contribution < -0.4 is 15.5 Å². The van der Waals surface area contributed by atoms with E-state index in [1.165, 1.54) is 5.69 Å². The Hall–Kier alpha value is -2.67. The van der Waals surface area contributed by atoms with E-state index in [1.807, 2.05) is 12.1 Å². The van der Waals surface area contributed by atoms with E-state index in [0.717, 1.165) is 18.8 Å². The SMILES string of the molecule is CCN(CC)c1ccc(Nc2cc(C(=O)NCCOC)nc(C)n2)cc1. The van der Waals surface area contributed by atoms with Gasteiger partial charge in [0.05, 0.1) is 6.61 Å². The third-order valence-electron chi connectivity index (χ3n) is 3.93. The Labute approximate surface area is 154 Å². The lowest BCUT2D eigenvalue weighted by Crippen LogP contribution is -2.28. The molecule has 2 rings (SSSR count). The summed E-state index contributed by atoms with van der Waals surface area (Å²) in [5, 5.41) is 6.00. The molecule has 1 aromatic heterocycles. The summed E-state index contributed by atoms with van der Waals surface area (Å²) in [6, 6.07) is 9.80. The van der Waals surface area contributed by atoms with Gasteiger partial charge in [-0.1, -0.05) is 0 Å². The largest absolute Gasteiger partial charge is 0.383 e. The number of ether oxygens (including phenoxy) is 1. The predicted molar refractivity (Wildman–Crippen MR) is 104 cm³/mol. The van der Waals surface area contributed by atoms with Gasteiger partial charge >= 0.3 is 0 Å². The Kier molecular flexibility index (Phi) is 7.35. The Morgan fingerprint density at radius 3 is 2.46 bits per heavy atom. The maximum absolute atomic E-state index is 12.2. The molecular weight excluding hydrogens is 330 g/mol. The standard InChI is InChI=1S/C19H27N5O2/c1-5-24(6-2)16-9-7-15(8-10-16)23-18-13-17(21-14(3)22-18)19(25)20-11-12-26-4/h7-10,13H,5-6,11-12H2,1-4H3,(H,20,25)(H,21,22,23). The average molecular weight is 357 g/mol. The van der Waals surface area contributed by atoms with Crippen LogP contribution in [0.3, 0.4) is 0 Å². The number of rotatable bonds is 9. The van der Waals surface area contributed by atoms with Gasteiger partial charge in [0.1, 0.15) is 17.3 Å². The number of carbonyl (C=O) groups excluding carboxylic acids is 1. The molecule has 2 N–H and O–H groups in total. The maximum atomic E-state index is 12.2. The molecule has 1 heterocycles. The molecule has 2 aromatic rings. The number of hydrogen-bond donors (Lipinski definition) is 2. The molecule has 26 heavy (non-hydrogen) atoms. The lowest BCUT2D eigenvalue weighted by molar-refractivity contribution is 0.0931. The van der Waals surface area contributed by atoms with E-state index in [1.54, 1.807) is 20.1 Å². The van der Waals surface area contributed by atoms with Crippen molar-refractivity contribution in [2.24, 2.45) is 0 Å². The highest BCUT2D eigenvalue weighted by atomic mass is 16.5. The van der Waals surface area contributed by atoms with Crippen molar-refractivity contribution in [2.45, 2.75) is 20.8 Å². The van der Waals surface area contributed by atoms with Crippen LogP contribution in [0.2, 0.25) is 0 Å². The molecule has 0 spiro atoms. The minimum absolute atomic E-state index is 0.243. The molecule has 0 bridgehead atoms. The van der Waals surface area contributed by atoms with Crippen molar-refractivity contribution in [1.29, 1.82) is 0 Å². The first kappa shape index (κ1) is 19.7. The first-order valence-electron chi connectivity index (χ1n) is 8.82. The van der Waals surface area contributed by atoms with Gasteiger partial charge in [0.15, 0.2) is 0 Å². The number of aryl methyl sites for hydroxylation is 1. The summed E-state index contributed by atoms with van der Waals surface area (Å²) < 4.78 is 4.93. The summed E-state index contributed by atoms with van der Waals surface area (Å²) in [5.41, 5.74) is 2.42. The molecule has 0 saturated carbocycles. The Bertz CT molecular complexity index is 714. The summed E-state index contributed by atoms with van der Waals surface area (Å²) in [4.78, 5) is 23.0. The van der Waals surface area contributed by atoms with Crippen LogP contribution in [0.5, 0.6) is 0 Å². The van der Waals surface area contributed by atoms with E-state index in [4.69, 9.17) is 4.74 Å². The molecule has 0 aliphatic rings. The van der Waals surface area contributed by atoms with Crippen LogP contribution in [0.1, 0.15) is 30.2 Å². The second-order valence-corrected chi connectivity index (χ2v) is 5.78. The Morgan fingerprint density at radius 2 is 1.85 bits per heavy atom. The second-order valence-electron chi connectivity index (χ2n) is 5.78. The lowest BCUT2D eigenvalue weighted by Gasteiger charge is -2.21. The number of hydrogen-bond acceptors (Lipinski definition) is 6. The molecule has 0 unspecified atom stereocenters. The topological polar surface area (TPSA) is 79.4 Å². The smallest absolute Gasteiger partial charge is 0.270 e. The quantitative estimate of drug-likeness (QED) is 0.672. The van der Waals surface area contributed by atoms with Gasteiger partial charge in [0, 0.05) is 44.2 Å². The van der Waals surface area contributed by atoms with E-state index in [9.17, 15) is 4.79 Å². The van der Waals surface area contributed by atoms with Crippen molar-refractivity contribution in [3.05, 3.63) is 41.9 Å². The molecule has 1 amide bonds. The van der Waals surface area contributed by atoms with Crippen molar-refractivity contribution in [2.75, 3.05) is 43.6 Å². The molecule has 1 aromatic carbocycles. The van der Waals surface area contributed by atoms with E-state index < -0.39 is 0 Å². The molecule has 0 radical (unpaired) electrons. The number of aromatic nitrogens is 2. The number of methoxy groups -OCH3 is 1. The van der Waals surface area contributed by atoms with Gasteiger partial charge in [0.25, 0.3) is 5.91 Å². The highest BCUT2D eigenvalue weighted by Gasteiger charge is 2.10. The van der Waals surface area contributed by atoms with E-state index in [0.29, 0.717) is 30.5 Å². The van der Waals surface area contributed by atoms with Crippen molar-refractivity contribution < 1.29 is 9.53 Å². The average Bonchev–Trinajstić information content (AvgIpc) is 2.64. The second kappa shape index (κ2) is 9.72. The Balaban J connectivity index is 2.10. The predicted octanol–water partition coefficient (Wildman–Crippen LogP) is 2.75. The summed E-state index contributed by atoms with van der Waals surface area (Å²) in [6.07, 6.45) is 0. The highest BCUT2D eigenvalue weighted by molar-refractivity contribution is 5.93. The first-order chi connectivity index (χ1) is 12.6. The number of nitrogens with zero attached hydrogens (tertiary/aromatic N) is 3. The van der Waals surface area contributed by atoms with Gasteiger partial charge < -0.3 is 20.3 Å². The fraction of sp³-hybridized carbons (Fsp3) is 0.421. The third-order valence-corrected chi connectivity index (χ3v) is 3.93. The van der Waals surface area contributed by atoms with E-state index >= 15 is 0 Å². The Morgan fingerprint density at radius 1 is 1.15 bits per heavy atom. The normalized spacial score (nSPS) is 10.5. The van der Waals surface area contributed by atoms with Crippen LogP contribution >= 0.6 is 0 Å². The summed E-state index contributed by atoms with van der Waals surface area (Å²) in [5.74, 6) is 0.879. The minimum atomic E-state index is -0.243. The van der Waals surface area contributed by atoms with Gasteiger partial charge in [-0.05, 0) is 45.0 Å². The summed E-state index contributed by atoms with van der Waals surface area (Å²) in [7, 11) is 1.59. The van der Waals surface area contributed by atoms with Crippen LogP contribution in [-0.2, 0) is 4.74 Å². The van der Waals surface area contributed by atoms with Crippen molar-refractivity contribution in [3.8, 4) is 0 Å². The van der Waals surface area contributed by atoms with Gasteiger partial charge in [-0.3, -0.25) is 4.79 Å². The zero-order valence-electron chi connectivity index (χ0n) is 15.9. The van der Waals surface area contributed by atoms with Gasteiger partial charge in [-0.25, -0.2) is 9.97 Å². The number of benzene rings is 1. The van der Waals surface area contributed by atoms with Crippen LogP contribution in [0.15, 0.2) is 30.3 Å². The fourth-order valence-electron chi connectivity index (χ4n) is 2.60. The molecule has 7 nitrogen and oxygen atoms in total. The zero-order valence-corrected chi connectivity index (χ0v) is 15.9. The van der Waals surface area contributed by atoms with Crippen molar-refractivity contribution in [1.82, 2.24) is 15.3 Å². The molecular formula is C19H27N5O2. The molecule has 0 atom stereocenters. The van der Waals surface area contributed by atoms with Gasteiger partial charge in [0.2, 0.25) is 0 Å². The molecule has 0 saturated heterocycles. The molecule has 0 aliphatic heterocycles. The fourth-order valence-corrected chi connectivity index (χ4v) is 2.60. The minimum Gasteiger partial charge on any atom is -0.383 e. The monoisotopic (exact) mass is 357 g/mol. The van der Waals surface area contributed by atoms with Crippen LogP contribution in [0.4, 0.5) is 17.2 Å². The van der Waals surface area contributed by atoms with Crippen LogP contribution in [0, 0.1) is 6.92 Å². The van der Waals surface area contributed by atoms with Gasteiger partial charge in [-0.2, -0.15) is 0 Å². The summed E-state index contributed by atoms with van der Waals surface area (Å²) >= 11 is 0.